The van der Waals surface area contributed by atoms with E-state index in [1.807, 2.05) is 6.92 Å². The highest BCUT2D eigenvalue weighted by Crippen LogP contribution is 2.27. The van der Waals surface area contributed by atoms with Crippen LogP contribution in [-0.2, 0) is 4.79 Å². The first-order valence-electron chi connectivity index (χ1n) is 6.17. The molecule has 0 saturated heterocycles. The van der Waals surface area contributed by atoms with Crippen molar-refractivity contribution >= 4 is 5.97 Å². The van der Waals surface area contributed by atoms with Crippen molar-refractivity contribution in [2.75, 3.05) is 0 Å². The van der Waals surface area contributed by atoms with Crippen LogP contribution >= 0.6 is 0 Å². The summed E-state index contributed by atoms with van der Waals surface area (Å²) in [7, 11) is 0. The van der Waals surface area contributed by atoms with Crippen molar-refractivity contribution in [2.45, 2.75) is 64.5 Å². The molecule has 0 aliphatic heterocycles. The van der Waals surface area contributed by atoms with E-state index in [4.69, 9.17) is 5.11 Å². The number of carbonyl (C=O) groups is 1. The number of rotatable bonds is 5. The predicted molar refractivity (Wildman–Crippen MR) is 60.9 cm³/mol. The first-order chi connectivity index (χ1) is 7.19. The third kappa shape index (κ3) is 3.49. The van der Waals surface area contributed by atoms with Crippen LogP contribution in [0, 0.1) is 5.92 Å². The Labute approximate surface area is 92.3 Å². The maximum absolute atomic E-state index is 10.9. The third-order valence-corrected chi connectivity index (χ3v) is 3.56. The molecule has 15 heavy (non-hydrogen) atoms. The van der Waals surface area contributed by atoms with Gasteiger partial charge in [0.2, 0.25) is 0 Å². The fourth-order valence-corrected chi connectivity index (χ4v) is 2.54. The molecule has 1 aliphatic rings. The molecule has 0 spiro atoms. The molecule has 0 heterocycles. The Kier molecular flexibility index (Phi) is 5.09. The van der Waals surface area contributed by atoms with Gasteiger partial charge < -0.3 is 10.4 Å². The highest BCUT2D eigenvalue weighted by Gasteiger charge is 2.27. The van der Waals surface area contributed by atoms with Gasteiger partial charge in [-0.2, -0.15) is 0 Å². The zero-order chi connectivity index (χ0) is 11.3. The summed E-state index contributed by atoms with van der Waals surface area (Å²) in [6.07, 6.45) is 6.77. The van der Waals surface area contributed by atoms with Gasteiger partial charge in [-0.3, -0.25) is 4.79 Å². The van der Waals surface area contributed by atoms with Gasteiger partial charge in [0.25, 0.3) is 0 Å². The fourth-order valence-electron chi connectivity index (χ4n) is 2.54. The zero-order valence-corrected chi connectivity index (χ0v) is 9.83. The van der Waals surface area contributed by atoms with E-state index in [1.165, 1.54) is 19.3 Å². The van der Waals surface area contributed by atoms with E-state index in [-0.39, 0.29) is 6.04 Å². The van der Waals surface area contributed by atoms with Crippen LogP contribution in [0.5, 0.6) is 0 Å². The molecule has 88 valence electrons. The summed E-state index contributed by atoms with van der Waals surface area (Å²) in [5, 5.41) is 12.3. The number of hydrogen-bond donors (Lipinski definition) is 2. The van der Waals surface area contributed by atoms with Crippen molar-refractivity contribution < 1.29 is 9.90 Å². The van der Waals surface area contributed by atoms with Gasteiger partial charge in [0.05, 0.1) is 0 Å². The molecule has 0 aromatic rings. The second-order valence-electron chi connectivity index (χ2n) is 4.53. The number of carboxylic acid groups (broad SMARTS) is 1. The second kappa shape index (κ2) is 6.11. The molecule has 0 bridgehead atoms. The summed E-state index contributed by atoms with van der Waals surface area (Å²) in [6, 6.07) is 0.0620. The first kappa shape index (κ1) is 12.5. The topological polar surface area (TPSA) is 49.3 Å². The highest BCUT2D eigenvalue weighted by atomic mass is 16.4. The SMILES string of the molecule is CCC(NC1CCCCC1CC)C(=O)O. The molecular formula is C12H23NO2. The second-order valence-corrected chi connectivity index (χ2v) is 4.53. The van der Waals surface area contributed by atoms with Gasteiger partial charge in [0.1, 0.15) is 6.04 Å². The van der Waals surface area contributed by atoms with Crippen molar-refractivity contribution in [2.24, 2.45) is 5.92 Å². The van der Waals surface area contributed by atoms with Crippen molar-refractivity contribution in [3.63, 3.8) is 0 Å². The number of hydrogen-bond acceptors (Lipinski definition) is 2. The Balaban J connectivity index is 2.49. The Morgan fingerprint density at radius 1 is 1.40 bits per heavy atom. The predicted octanol–water partition coefficient (Wildman–Crippen LogP) is 2.41. The van der Waals surface area contributed by atoms with Gasteiger partial charge in [-0.15, -0.1) is 0 Å². The Hall–Kier alpha value is -0.570. The van der Waals surface area contributed by atoms with E-state index in [0.29, 0.717) is 18.4 Å². The van der Waals surface area contributed by atoms with E-state index in [9.17, 15) is 4.79 Å². The number of nitrogens with one attached hydrogen (secondary N) is 1. The van der Waals surface area contributed by atoms with Crippen LogP contribution in [0.1, 0.15) is 52.4 Å². The minimum atomic E-state index is -0.710. The van der Waals surface area contributed by atoms with Gasteiger partial charge in [0, 0.05) is 6.04 Å². The smallest absolute Gasteiger partial charge is 0.320 e. The summed E-state index contributed by atoms with van der Waals surface area (Å²) in [5.41, 5.74) is 0. The zero-order valence-electron chi connectivity index (χ0n) is 9.83. The quantitative estimate of drug-likeness (QED) is 0.737. The first-order valence-corrected chi connectivity index (χ1v) is 6.17. The minimum absolute atomic E-state index is 0.359. The molecule has 1 saturated carbocycles. The van der Waals surface area contributed by atoms with Gasteiger partial charge in [-0.1, -0.05) is 33.1 Å². The fraction of sp³-hybridized carbons (Fsp3) is 0.917. The molecule has 3 atom stereocenters. The van der Waals surface area contributed by atoms with Crippen molar-refractivity contribution in [3.8, 4) is 0 Å². The van der Waals surface area contributed by atoms with Gasteiger partial charge in [-0.05, 0) is 25.2 Å². The van der Waals surface area contributed by atoms with Crippen LogP contribution in [0.25, 0.3) is 0 Å². The lowest BCUT2D eigenvalue weighted by Crippen LogP contribution is -2.47. The van der Waals surface area contributed by atoms with E-state index in [2.05, 4.69) is 12.2 Å². The van der Waals surface area contributed by atoms with Crippen LogP contribution in [0.3, 0.4) is 0 Å². The third-order valence-electron chi connectivity index (χ3n) is 3.56. The molecule has 0 aromatic heterocycles. The maximum atomic E-state index is 10.9. The average molecular weight is 213 g/mol. The van der Waals surface area contributed by atoms with E-state index in [1.54, 1.807) is 0 Å². The molecule has 3 unspecified atom stereocenters. The molecule has 1 aliphatic carbocycles. The normalized spacial score (nSPS) is 28.7. The molecule has 2 N–H and O–H groups in total. The number of aliphatic carboxylic acids is 1. The highest BCUT2D eigenvalue weighted by molar-refractivity contribution is 5.73. The lowest BCUT2D eigenvalue weighted by atomic mass is 9.82. The van der Waals surface area contributed by atoms with Crippen molar-refractivity contribution in [1.82, 2.24) is 5.32 Å². The van der Waals surface area contributed by atoms with Gasteiger partial charge in [-0.25, -0.2) is 0 Å². The Morgan fingerprint density at radius 3 is 2.60 bits per heavy atom. The monoisotopic (exact) mass is 213 g/mol. The van der Waals surface area contributed by atoms with Crippen LogP contribution < -0.4 is 5.32 Å². The molecular weight excluding hydrogens is 190 g/mol. The summed E-state index contributed by atoms with van der Waals surface area (Å²) >= 11 is 0. The van der Waals surface area contributed by atoms with E-state index in [0.717, 1.165) is 12.8 Å². The molecule has 0 radical (unpaired) electrons. The summed E-state index contributed by atoms with van der Waals surface area (Å²) in [5.74, 6) is -0.0370. The Morgan fingerprint density at radius 2 is 2.07 bits per heavy atom. The molecule has 3 heteroatoms. The molecule has 0 amide bonds. The summed E-state index contributed by atoms with van der Waals surface area (Å²) in [4.78, 5) is 10.9. The van der Waals surface area contributed by atoms with E-state index < -0.39 is 5.97 Å². The molecule has 0 aromatic carbocycles. The Bertz CT molecular complexity index is 206. The van der Waals surface area contributed by atoms with Gasteiger partial charge >= 0.3 is 5.97 Å². The minimum Gasteiger partial charge on any atom is -0.480 e. The van der Waals surface area contributed by atoms with Crippen LogP contribution in [0.2, 0.25) is 0 Å². The average Bonchev–Trinajstić information content (AvgIpc) is 2.25. The standard InChI is InChI=1S/C12H23NO2/c1-3-9-7-5-6-8-11(9)13-10(4-2)12(14)15/h9-11,13H,3-8H2,1-2H3,(H,14,15). The van der Waals surface area contributed by atoms with E-state index >= 15 is 0 Å². The summed E-state index contributed by atoms with van der Waals surface area (Å²) < 4.78 is 0. The van der Waals surface area contributed by atoms with Crippen molar-refractivity contribution in [3.05, 3.63) is 0 Å². The van der Waals surface area contributed by atoms with Gasteiger partial charge in [0.15, 0.2) is 0 Å². The molecule has 1 rings (SSSR count). The van der Waals surface area contributed by atoms with Crippen molar-refractivity contribution in [1.29, 1.82) is 0 Å². The van der Waals surface area contributed by atoms with Crippen LogP contribution in [0.4, 0.5) is 0 Å². The lowest BCUT2D eigenvalue weighted by Gasteiger charge is -2.33. The lowest BCUT2D eigenvalue weighted by molar-refractivity contribution is -0.140. The molecule has 3 nitrogen and oxygen atoms in total. The largest absolute Gasteiger partial charge is 0.480 e. The van der Waals surface area contributed by atoms with Crippen LogP contribution in [0.15, 0.2) is 0 Å². The molecule has 1 fully saturated rings. The maximum Gasteiger partial charge on any atom is 0.320 e. The number of carboxylic acids is 1. The van der Waals surface area contributed by atoms with Crippen LogP contribution in [-0.4, -0.2) is 23.2 Å². The summed E-state index contributed by atoms with van der Waals surface area (Å²) in [6.45, 7) is 4.13.